The Labute approximate surface area is 173 Å². The highest BCUT2D eigenvalue weighted by molar-refractivity contribution is 7.15. The largest absolute Gasteiger partial charge is 0.433 e. The van der Waals surface area contributed by atoms with Crippen molar-refractivity contribution in [3.05, 3.63) is 58.5 Å². The molecule has 4 aromatic rings. The van der Waals surface area contributed by atoms with Crippen molar-refractivity contribution in [3.63, 3.8) is 0 Å². The van der Waals surface area contributed by atoms with Gasteiger partial charge in [0, 0.05) is 24.2 Å². The van der Waals surface area contributed by atoms with Gasteiger partial charge in [0.25, 0.3) is 5.91 Å². The molecule has 11 heteroatoms. The zero-order chi connectivity index (χ0) is 21.5. The van der Waals surface area contributed by atoms with Gasteiger partial charge in [-0.05, 0) is 30.7 Å². The van der Waals surface area contributed by atoms with Crippen LogP contribution in [0.5, 0.6) is 0 Å². The molecule has 0 bridgehead atoms. The Morgan fingerprint density at radius 1 is 1.23 bits per heavy atom. The fourth-order valence-electron chi connectivity index (χ4n) is 2.96. The average molecular weight is 434 g/mol. The van der Waals surface area contributed by atoms with Gasteiger partial charge in [-0.2, -0.15) is 23.4 Å². The lowest BCUT2D eigenvalue weighted by atomic mass is 10.2. The topological polar surface area (TPSA) is 77.1 Å². The van der Waals surface area contributed by atoms with Gasteiger partial charge >= 0.3 is 6.18 Å². The van der Waals surface area contributed by atoms with Gasteiger partial charge in [-0.15, -0.1) is 11.3 Å². The van der Waals surface area contributed by atoms with Crippen molar-refractivity contribution in [2.45, 2.75) is 26.1 Å². The molecule has 0 aromatic carbocycles. The van der Waals surface area contributed by atoms with E-state index in [4.69, 9.17) is 0 Å². The maximum atomic E-state index is 13.7. The van der Waals surface area contributed by atoms with Gasteiger partial charge in [0.05, 0.1) is 22.8 Å². The predicted octanol–water partition coefficient (Wildman–Crippen LogP) is 3.70. The normalized spacial score (nSPS) is 11.9. The number of carbonyl (C=O) groups is 1. The maximum Gasteiger partial charge on any atom is 0.433 e. The van der Waals surface area contributed by atoms with Gasteiger partial charge in [0.2, 0.25) is 0 Å². The number of hydrogen-bond donors (Lipinski definition) is 1. The summed E-state index contributed by atoms with van der Waals surface area (Å²) < 4.78 is 43.3. The van der Waals surface area contributed by atoms with Crippen molar-refractivity contribution in [2.75, 3.05) is 0 Å². The number of nitrogens with zero attached hydrogens (tertiary/aromatic N) is 5. The van der Waals surface area contributed by atoms with Gasteiger partial charge in [-0.25, -0.2) is 9.50 Å². The summed E-state index contributed by atoms with van der Waals surface area (Å²) in [6, 6.07) is 7.56. The summed E-state index contributed by atoms with van der Waals surface area (Å²) >= 11 is 1.39. The molecule has 0 saturated carbocycles. The lowest BCUT2D eigenvalue weighted by Crippen LogP contribution is -2.24. The van der Waals surface area contributed by atoms with E-state index in [0.29, 0.717) is 9.39 Å². The Balaban J connectivity index is 1.71. The molecule has 0 aliphatic rings. The van der Waals surface area contributed by atoms with E-state index < -0.39 is 17.8 Å². The van der Waals surface area contributed by atoms with Gasteiger partial charge in [0.15, 0.2) is 17.0 Å². The third-order valence-electron chi connectivity index (χ3n) is 4.57. The van der Waals surface area contributed by atoms with E-state index in [1.807, 2.05) is 13.0 Å². The number of aromatic nitrogens is 5. The first-order valence-corrected chi connectivity index (χ1v) is 9.90. The van der Waals surface area contributed by atoms with Crippen LogP contribution in [0.2, 0.25) is 0 Å². The zero-order valence-electron chi connectivity index (χ0n) is 16.1. The molecule has 0 saturated heterocycles. The lowest BCUT2D eigenvalue weighted by Gasteiger charge is -2.10. The number of amides is 1. The average Bonchev–Trinajstić information content (AvgIpc) is 3.43. The van der Waals surface area contributed by atoms with Gasteiger partial charge in [0.1, 0.15) is 0 Å². The minimum atomic E-state index is -4.66. The third-order valence-corrected chi connectivity index (χ3v) is 5.82. The van der Waals surface area contributed by atoms with Crippen molar-refractivity contribution in [3.8, 4) is 10.6 Å². The van der Waals surface area contributed by atoms with Crippen LogP contribution >= 0.6 is 11.3 Å². The van der Waals surface area contributed by atoms with Crippen LogP contribution in [0.4, 0.5) is 13.2 Å². The lowest BCUT2D eigenvalue weighted by molar-refractivity contribution is -0.142. The molecule has 0 atom stereocenters. The smallest absolute Gasteiger partial charge is 0.345 e. The Morgan fingerprint density at radius 2 is 2.03 bits per heavy atom. The molecular weight excluding hydrogens is 417 g/mol. The fraction of sp³-hybridized carbons (Fsp3) is 0.263. The fourth-order valence-corrected chi connectivity index (χ4v) is 3.86. The molecule has 4 heterocycles. The van der Waals surface area contributed by atoms with E-state index in [1.165, 1.54) is 17.4 Å². The van der Waals surface area contributed by atoms with E-state index >= 15 is 0 Å². The number of aryl methyl sites for hydroxylation is 2. The second-order valence-corrected chi connectivity index (χ2v) is 7.74. The Bertz CT molecular complexity index is 1220. The molecule has 4 aromatic heterocycles. The van der Waals surface area contributed by atoms with Crippen molar-refractivity contribution < 1.29 is 18.0 Å². The molecule has 0 aliphatic heterocycles. The van der Waals surface area contributed by atoms with Gasteiger partial charge < -0.3 is 5.32 Å². The first kappa shape index (κ1) is 20.1. The van der Waals surface area contributed by atoms with E-state index in [1.54, 1.807) is 30.1 Å². The molecule has 156 valence electrons. The number of fused-ring (bicyclic) bond motifs is 1. The van der Waals surface area contributed by atoms with Crippen LogP contribution in [0.25, 0.3) is 16.2 Å². The Morgan fingerprint density at radius 3 is 2.67 bits per heavy atom. The highest BCUT2D eigenvalue weighted by Crippen LogP contribution is 2.34. The number of thiophene rings is 1. The molecule has 1 N–H and O–H groups in total. The second-order valence-electron chi connectivity index (χ2n) is 6.57. The first-order chi connectivity index (χ1) is 14.3. The van der Waals surface area contributed by atoms with Gasteiger partial charge in [-0.3, -0.25) is 9.48 Å². The highest BCUT2D eigenvalue weighted by atomic mass is 32.1. The molecule has 1 amide bonds. The van der Waals surface area contributed by atoms with E-state index in [-0.39, 0.29) is 23.6 Å². The zero-order valence-corrected chi connectivity index (χ0v) is 16.9. The van der Waals surface area contributed by atoms with Crippen LogP contribution in [-0.2, 0) is 26.2 Å². The Hall–Kier alpha value is -3.21. The van der Waals surface area contributed by atoms with Crippen molar-refractivity contribution >= 4 is 22.9 Å². The minimum Gasteiger partial charge on any atom is -0.345 e. The number of alkyl halides is 3. The van der Waals surface area contributed by atoms with Gasteiger partial charge in [-0.1, -0.05) is 6.92 Å². The van der Waals surface area contributed by atoms with Crippen LogP contribution in [0, 0.1) is 0 Å². The van der Waals surface area contributed by atoms with Crippen molar-refractivity contribution in [1.29, 1.82) is 0 Å². The summed E-state index contributed by atoms with van der Waals surface area (Å²) in [5, 5.41) is 10.5. The molecule has 4 rings (SSSR count). The molecule has 30 heavy (non-hydrogen) atoms. The monoisotopic (exact) mass is 434 g/mol. The van der Waals surface area contributed by atoms with Crippen LogP contribution < -0.4 is 5.32 Å². The Kier molecular flexibility index (Phi) is 5.06. The summed E-state index contributed by atoms with van der Waals surface area (Å²) in [6.45, 7) is 2.14. The van der Waals surface area contributed by atoms with E-state index in [0.717, 1.165) is 23.1 Å². The second kappa shape index (κ2) is 7.56. The summed E-state index contributed by atoms with van der Waals surface area (Å²) in [4.78, 5) is 18.4. The third kappa shape index (κ3) is 3.80. The van der Waals surface area contributed by atoms with Crippen LogP contribution in [0.15, 0.2) is 36.5 Å². The molecule has 0 aliphatic carbocycles. The maximum absolute atomic E-state index is 13.7. The summed E-state index contributed by atoms with van der Waals surface area (Å²) in [7, 11) is 1.72. The predicted molar refractivity (Wildman–Crippen MR) is 105 cm³/mol. The number of halogens is 3. The quantitative estimate of drug-likeness (QED) is 0.520. The van der Waals surface area contributed by atoms with Crippen LogP contribution in [-0.4, -0.2) is 30.3 Å². The molecule has 7 nitrogen and oxygen atoms in total. The van der Waals surface area contributed by atoms with Crippen LogP contribution in [0.1, 0.15) is 33.7 Å². The summed E-state index contributed by atoms with van der Waals surface area (Å²) in [6.07, 6.45) is -2.29. The number of rotatable bonds is 5. The summed E-state index contributed by atoms with van der Waals surface area (Å²) in [5.74, 6) is -0.597. The van der Waals surface area contributed by atoms with E-state index in [2.05, 4.69) is 20.5 Å². The highest BCUT2D eigenvalue weighted by Gasteiger charge is 2.35. The summed E-state index contributed by atoms with van der Waals surface area (Å²) in [5.41, 5.74) is -0.237. The molecule has 0 radical (unpaired) electrons. The number of carbonyl (C=O) groups excluding carboxylic acids is 1. The molecule has 0 fully saturated rings. The standard InChI is InChI=1S/C19H17F3N6OS/c1-3-12-4-5-15(30-12)13-8-16(19(20,21)22)28-17(25-13)9-14(26-28)18(29)23-10-11-6-7-24-27(11)2/h4-9H,3,10H2,1-2H3,(H,23,29). The minimum absolute atomic E-state index is 0.0445. The molecular formula is C19H17F3N6OS. The molecule has 0 spiro atoms. The number of nitrogens with one attached hydrogen (secondary N) is 1. The first-order valence-electron chi connectivity index (χ1n) is 9.08. The number of hydrogen-bond acceptors (Lipinski definition) is 5. The van der Waals surface area contributed by atoms with Crippen LogP contribution in [0.3, 0.4) is 0 Å². The molecule has 0 unspecified atom stereocenters. The van der Waals surface area contributed by atoms with E-state index in [9.17, 15) is 18.0 Å². The van der Waals surface area contributed by atoms with Crippen molar-refractivity contribution in [1.82, 2.24) is 29.7 Å². The SMILES string of the molecule is CCc1ccc(-c2cc(C(F)(F)F)n3nc(C(=O)NCc4ccnn4C)cc3n2)s1. The van der Waals surface area contributed by atoms with Crippen molar-refractivity contribution in [2.24, 2.45) is 7.05 Å².